The molecule has 2 saturated heterocycles. The summed E-state index contributed by atoms with van der Waals surface area (Å²) in [6, 6.07) is 8.06. The van der Waals surface area contributed by atoms with Crippen LogP contribution in [0.5, 0.6) is 11.6 Å². The minimum atomic E-state index is -3.55. The van der Waals surface area contributed by atoms with E-state index in [-0.39, 0.29) is 48.0 Å². The van der Waals surface area contributed by atoms with Crippen molar-refractivity contribution >= 4 is 40.8 Å². The number of nitrogens with zero attached hydrogens (tertiary/aromatic N) is 3. The van der Waals surface area contributed by atoms with E-state index in [2.05, 4.69) is 24.9 Å². The van der Waals surface area contributed by atoms with Gasteiger partial charge in [-0.2, -0.15) is 4.98 Å². The summed E-state index contributed by atoms with van der Waals surface area (Å²) < 4.78 is 43.2. The summed E-state index contributed by atoms with van der Waals surface area (Å²) in [4.78, 5) is 11.0. The average molecular weight is 581 g/mol. The van der Waals surface area contributed by atoms with Gasteiger partial charge in [-0.3, -0.25) is 0 Å². The zero-order valence-corrected chi connectivity index (χ0v) is 23.3. The van der Waals surface area contributed by atoms with E-state index in [9.17, 15) is 13.5 Å². The van der Waals surface area contributed by atoms with Gasteiger partial charge in [0.05, 0.1) is 24.2 Å². The van der Waals surface area contributed by atoms with Crippen LogP contribution in [0.4, 0.5) is 5.95 Å². The van der Waals surface area contributed by atoms with Gasteiger partial charge in [0.15, 0.2) is 0 Å². The summed E-state index contributed by atoms with van der Waals surface area (Å²) in [5.41, 5.74) is -0.173. The molecule has 1 aromatic heterocycles. The number of nitrogens with one attached hydrogen (secondary N) is 2. The number of aliphatic hydroxyl groups excluding tert-OH is 1. The molecule has 0 unspecified atom stereocenters. The molecule has 0 amide bonds. The third-order valence-electron chi connectivity index (χ3n) is 6.46. The number of halogens is 2. The first-order valence-corrected chi connectivity index (χ1v) is 13.1. The summed E-state index contributed by atoms with van der Waals surface area (Å²) in [7, 11) is -0.604. The van der Waals surface area contributed by atoms with Crippen LogP contribution >= 0.6 is 24.8 Å². The van der Waals surface area contributed by atoms with E-state index >= 15 is 0 Å². The molecule has 3 heterocycles. The van der Waals surface area contributed by atoms with Crippen molar-refractivity contribution in [1.82, 2.24) is 20.0 Å². The molecule has 0 aliphatic carbocycles. The van der Waals surface area contributed by atoms with E-state index in [0.717, 1.165) is 32.4 Å². The quantitative estimate of drug-likeness (QED) is 0.379. The second kappa shape index (κ2) is 13.7. The molecule has 1 aromatic carbocycles. The summed E-state index contributed by atoms with van der Waals surface area (Å²) in [6.45, 7) is 2.59. The summed E-state index contributed by atoms with van der Waals surface area (Å²) in [5.74, 6) is 1.61. The maximum absolute atomic E-state index is 11.9. The van der Waals surface area contributed by atoms with Gasteiger partial charge < -0.3 is 29.5 Å². The molecule has 2 atom stereocenters. The van der Waals surface area contributed by atoms with Gasteiger partial charge in [0.2, 0.25) is 21.9 Å². The number of aromatic nitrogens is 2. The lowest BCUT2D eigenvalue weighted by Gasteiger charge is -2.38. The molecule has 0 saturated carbocycles. The van der Waals surface area contributed by atoms with Crippen LogP contribution in [-0.2, 0) is 14.8 Å². The lowest BCUT2D eigenvalue weighted by Crippen LogP contribution is -2.45. The first kappa shape index (κ1) is 31.3. The van der Waals surface area contributed by atoms with Crippen molar-refractivity contribution in [3.8, 4) is 11.6 Å². The molecular weight excluding hydrogens is 545 g/mol. The van der Waals surface area contributed by atoms with Gasteiger partial charge in [0.25, 0.3) is 0 Å². The normalized spacial score (nSPS) is 19.5. The van der Waals surface area contributed by atoms with E-state index in [1.165, 1.54) is 19.2 Å². The van der Waals surface area contributed by atoms with Crippen molar-refractivity contribution in [2.24, 2.45) is 0 Å². The largest absolute Gasteiger partial charge is 0.491 e. The fraction of sp³-hybridized carbons (Fsp3) is 0.565. The molecule has 2 aliphatic heterocycles. The van der Waals surface area contributed by atoms with Crippen LogP contribution in [0.1, 0.15) is 19.3 Å². The van der Waals surface area contributed by atoms with E-state index in [4.69, 9.17) is 14.2 Å². The van der Waals surface area contributed by atoms with Crippen LogP contribution in [0.25, 0.3) is 0 Å². The Balaban J connectivity index is 0.00000241. The molecule has 0 radical (unpaired) electrons. The molecule has 4 rings (SSSR count). The number of aliphatic hydroxyl groups is 1. The van der Waals surface area contributed by atoms with Crippen molar-refractivity contribution in [3.63, 3.8) is 0 Å². The average Bonchev–Trinajstić information content (AvgIpc) is 3.29. The summed E-state index contributed by atoms with van der Waals surface area (Å²) >= 11 is 0. The minimum absolute atomic E-state index is 0. The predicted molar refractivity (Wildman–Crippen MR) is 144 cm³/mol. The molecule has 37 heavy (non-hydrogen) atoms. The number of benzene rings is 1. The SMILES string of the molecule is CNS(=O)(=O)c1cccc(OC[C@@H](O)CN[C@H]2COC3(CCN(c4nccc(OC)n4)CC3)C2)c1.Cl.Cl. The Kier molecular flexibility index (Phi) is 11.6. The second-order valence-electron chi connectivity index (χ2n) is 8.84. The van der Waals surface area contributed by atoms with Crippen molar-refractivity contribution in [2.75, 3.05) is 51.9 Å². The number of methoxy groups -OCH3 is 1. The van der Waals surface area contributed by atoms with Crippen molar-refractivity contribution in [2.45, 2.75) is 41.9 Å². The Morgan fingerprint density at radius 3 is 2.73 bits per heavy atom. The summed E-state index contributed by atoms with van der Waals surface area (Å²) in [6.07, 6.45) is 3.58. The van der Waals surface area contributed by atoms with Crippen LogP contribution in [0.15, 0.2) is 41.4 Å². The van der Waals surface area contributed by atoms with Crippen molar-refractivity contribution in [3.05, 3.63) is 36.5 Å². The highest BCUT2D eigenvalue weighted by Crippen LogP contribution is 2.36. The lowest BCUT2D eigenvalue weighted by atomic mass is 9.87. The Labute approximate surface area is 230 Å². The molecule has 2 aliphatic rings. The van der Waals surface area contributed by atoms with Gasteiger partial charge in [-0.05, 0) is 38.4 Å². The smallest absolute Gasteiger partial charge is 0.240 e. The number of piperidine rings is 1. The molecule has 3 N–H and O–H groups in total. The maximum Gasteiger partial charge on any atom is 0.240 e. The van der Waals surface area contributed by atoms with E-state index in [1.54, 1.807) is 31.5 Å². The van der Waals surface area contributed by atoms with Gasteiger partial charge in [0.1, 0.15) is 18.5 Å². The number of sulfonamides is 1. The highest BCUT2D eigenvalue weighted by molar-refractivity contribution is 7.89. The minimum Gasteiger partial charge on any atom is -0.491 e. The Hall–Kier alpha value is -1.93. The molecule has 14 heteroatoms. The fourth-order valence-corrected chi connectivity index (χ4v) is 5.20. The van der Waals surface area contributed by atoms with E-state index in [0.29, 0.717) is 30.7 Å². The van der Waals surface area contributed by atoms with Gasteiger partial charge in [-0.15, -0.1) is 24.8 Å². The Bertz CT molecular complexity index is 1100. The first-order chi connectivity index (χ1) is 16.8. The first-order valence-electron chi connectivity index (χ1n) is 11.7. The Morgan fingerprint density at radius 1 is 1.27 bits per heavy atom. The van der Waals surface area contributed by atoms with Gasteiger partial charge >= 0.3 is 0 Å². The van der Waals surface area contributed by atoms with Crippen LogP contribution in [0.2, 0.25) is 0 Å². The molecule has 0 bridgehead atoms. The van der Waals surface area contributed by atoms with Crippen LogP contribution in [0, 0.1) is 0 Å². The lowest BCUT2D eigenvalue weighted by molar-refractivity contribution is -0.0152. The monoisotopic (exact) mass is 579 g/mol. The van der Waals surface area contributed by atoms with Gasteiger partial charge in [-0.1, -0.05) is 6.07 Å². The standard InChI is InChI=1S/C23H33N5O6S.2ClH/c1-24-35(30,31)20-5-3-4-19(12-20)33-16-18(29)14-26-17-13-23(34-15-17)7-10-28(11-8-23)22-25-9-6-21(27-22)32-2;;/h3-6,9,12,17-18,24,26,29H,7-8,10-11,13-16H2,1-2H3;2*1H/t17-,18+;;/m1../s1. The Morgan fingerprint density at radius 2 is 2.03 bits per heavy atom. The molecule has 2 fully saturated rings. The van der Waals surface area contributed by atoms with Crippen molar-refractivity contribution < 1.29 is 27.7 Å². The number of hydrogen-bond donors (Lipinski definition) is 3. The predicted octanol–water partition coefficient (Wildman–Crippen LogP) is 1.39. The van der Waals surface area contributed by atoms with Crippen molar-refractivity contribution in [1.29, 1.82) is 0 Å². The summed E-state index contributed by atoms with van der Waals surface area (Å²) in [5, 5.41) is 13.7. The van der Waals surface area contributed by atoms with Gasteiger partial charge in [0, 0.05) is 44.0 Å². The van der Waals surface area contributed by atoms with Crippen LogP contribution < -0.4 is 24.4 Å². The third-order valence-corrected chi connectivity index (χ3v) is 7.87. The number of hydrogen-bond acceptors (Lipinski definition) is 10. The van der Waals surface area contributed by atoms with E-state index < -0.39 is 16.1 Å². The highest BCUT2D eigenvalue weighted by atomic mass is 35.5. The number of rotatable bonds is 10. The topological polar surface area (TPSA) is 135 Å². The molecular formula is C23H35Cl2N5O6S. The number of anilines is 1. The van der Waals surface area contributed by atoms with Crippen LogP contribution in [0.3, 0.4) is 0 Å². The van der Waals surface area contributed by atoms with Gasteiger partial charge in [-0.25, -0.2) is 18.1 Å². The van der Waals surface area contributed by atoms with Crippen LogP contribution in [-0.4, -0.2) is 88.2 Å². The highest BCUT2D eigenvalue weighted by Gasteiger charge is 2.43. The third kappa shape index (κ3) is 8.03. The molecule has 11 nitrogen and oxygen atoms in total. The molecule has 2 aromatic rings. The zero-order valence-electron chi connectivity index (χ0n) is 20.8. The molecule has 1 spiro atoms. The second-order valence-corrected chi connectivity index (χ2v) is 10.7. The zero-order chi connectivity index (χ0) is 24.9. The fourth-order valence-electron chi connectivity index (χ4n) is 4.44. The number of ether oxygens (including phenoxy) is 3. The maximum atomic E-state index is 11.9. The molecule has 208 valence electrons. The van der Waals surface area contributed by atoms with E-state index in [1.807, 2.05) is 0 Å².